The molecule has 0 fully saturated rings. The van der Waals surface area contributed by atoms with Crippen LogP contribution in [-0.4, -0.2) is 0 Å². The predicted molar refractivity (Wildman–Crippen MR) is 332 cm³/mol. The molecule has 0 bridgehead atoms. The molecule has 4 aliphatic heterocycles. The number of hydrogen-bond donors (Lipinski definition) is 0. The maximum absolute atomic E-state index is 17.2. The van der Waals surface area contributed by atoms with Gasteiger partial charge in [0.25, 0.3) is 0 Å². The third kappa shape index (κ3) is 5.78. The molecule has 3 aliphatic carbocycles. The average molecular weight is 1040 g/mol. The first-order valence-corrected chi connectivity index (χ1v) is 28.4. The normalized spacial score (nSPS) is 18.5. The number of benzene rings is 9. The SMILES string of the molecule is CC1(C)c2ccccc2N(c2cc(N3c4ccccc4C(C)(C)c4ccccc43)c3c4c2c(=O)c2c(N5C6=CC=CCC6C(C)(C)c6ccccc65)cc(N5c6ccccc6C(C)(C)c6ccccc65)c(c2-4)c3=O)c2ccccc21. The van der Waals surface area contributed by atoms with E-state index in [0.717, 1.165) is 108 Å². The second kappa shape index (κ2) is 15.9. The first kappa shape index (κ1) is 47.0. The number of fused-ring (bicyclic) bond motifs is 8. The van der Waals surface area contributed by atoms with Crippen molar-refractivity contribution in [3.05, 3.63) is 265 Å². The molecule has 1 unspecified atom stereocenters. The largest absolute Gasteiger partial charge is 0.313 e. The highest BCUT2D eigenvalue weighted by atomic mass is 16.1. The first-order valence-electron chi connectivity index (χ1n) is 28.4. The average Bonchev–Trinajstić information content (AvgIpc) is 4.10. The molecule has 0 spiro atoms. The van der Waals surface area contributed by atoms with Crippen molar-refractivity contribution < 1.29 is 0 Å². The number of rotatable bonds is 4. The summed E-state index contributed by atoms with van der Waals surface area (Å²) in [6.45, 7) is 18.5. The summed E-state index contributed by atoms with van der Waals surface area (Å²) in [6, 6.07) is 65.3. The van der Waals surface area contributed by atoms with E-state index in [2.05, 4.69) is 275 Å². The van der Waals surface area contributed by atoms with Crippen molar-refractivity contribution in [3.8, 4) is 11.1 Å². The molecular weight excluding hydrogens is 977 g/mol. The Hall–Kier alpha value is -9.00. The van der Waals surface area contributed by atoms with Crippen LogP contribution >= 0.6 is 0 Å². The van der Waals surface area contributed by atoms with Gasteiger partial charge in [-0.3, -0.25) is 9.59 Å². The fourth-order valence-electron chi connectivity index (χ4n) is 15.8. The van der Waals surface area contributed by atoms with Crippen LogP contribution in [0.5, 0.6) is 0 Å². The van der Waals surface area contributed by atoms with Crippen LogP contribution in [0.2, 0.25) is 0 Å². The molecule has 388 valence electrons. The van der Waals surface area contributed by atoms with Crippen LogP contribution in [0.1, 0.15) is 101 Å². The topological polar surface area (TPSA) is 47.1 Å². The van der Waals surface area contributed by atoms with E-state index in [4.69, 9.17) is 0 Å². The molecule has 1 atom stereocenters. The zero-order valence-corrected chi connectivity index (χ0v) is 46.4. The lowest BCUT2D eigenvalue weighted by Gasteiger charge is -2.49. The maximum atomic E-state index is 17.2. The van der Waals surface area contributed by atoms with Gasteiger partial charge in [0.1, 0.15) is 0 Å². The van der Waals surface area contributed by atoms with E-state index in [1.807, 2.05) is 0 Å². The monoisotopic (exact) mass is 1040 g/mol. The van der Waals surface area contributed by atoms with Crippen LogP contribution < -0.4 is 30.5 Å². The molecule has 0 aromatic heterocycles. The Morgan fingerprint density at radius 3 is 0.912 bits per heavy atom. The van der Waals surface area contributed by atoms with E-state index >= 15 is 9.59 Å². The number of anilines is 11. The summed E-state index contributed by atoms with van der Waals surface area (Å²) >= 11 is 0. The fraction of sp³-hybridized carbons (Fsp3) is 0.189. The van der Waals surface area contributed by atoms with E-state index in [1.165, 1.54) is 5.56 Å². The number of para-hydroxylation sites is 7. The van der Waals surface area contributed by atoms with Crippen LogP contribution in [0.15, 0.2) is 216 Å². The Kier molecular flexibility index (Phi) is 9.32. The lowest BCUT2D eigenvalue weighted by atomic mass is 9.66. The van der Waals surface area contributed by atoms with Crippen molar-refractivity contribution in [3.63, 3.8) is 0 Å². The Labute approximate surface area is 467 Å². The Morgan fingerprint density at radius 2 is 0.600 bits per heavy atom. The summed E-state index contributed by atoms with van der Waals surface area (Å²) in [7, 11) is 0. The van der Waals surface area contributed by atoms with Gasteiger partial charge in [-0.2, -0.15) is 0 Å². The van der Waals surface area contributed by atoms with Gasteiger partial charge in [-0.05, 0) is 106 Å². The second-order valence-corrected chi connectivity index (χ2v) is 25.1. The van der Waals surface area contributed by atoms with Gasteiger partial charge in [0.15, 0.2) is 10.9 Å². The van der Waals surface area contributed by atoms with Gasteiger partial charge in [0.05, 0.1) is 78.4 Å². The summed E-state index contributed by atoms with van der Waals surface area (Å²) in [5.41, 5.74) is 19.4. The molecule has 0 amide bonds. The van der Waals surface area contributed by atoms with Crippen LogP contribution in [0.3, 0.4) is 0 Å². The minimum Gasteiger partial charge on any atom is -0.313 e. The molecule has 0 saturated heterocycles. The van der Waals surface area contributed by atoms with E-state index < -0.39 is 0 Å². The third-order valence-corrected chi connectivity index (χ3v) is 19.7. The van der Waals surface area contributed by atoms with Crippen LogP contribution in [0.25, 0.3) is 32.7 Å². The lowest BCUT2D eigenvalue weighted by molar-refractivity contribution is 0.349. The van der Waals surface area contributed by atoms with Crippen molar-refractivity contribution in [2.45, 2.75) is 83.5 Å². The standard InChI is InChI=1S/C74H60N4O2/c1-71(2)43-25-9-17-33-51(43)75(52-34-18-10-26-44(52)71)59-41-60(76-53-35-19-11-27-45(53)72(3,4)46-28-12-20-36-54(46)76)64-67-63(59)69(79)65-61(77-55-37-21-13-29-47(55)73(5,6)48-30-14-22-38-56(48)77)42-62(66(68(65)67)70(64)80)78-57-39-23-15-31-49(57)74(7,8)50-32-16-24-40-58(50)78/h9-31,33-42,50H,32H2,1-8H3. The van der Waals surface area contributed by atoms with Crippen LogP contribution in [0, 0.1) is 5.92 Å². The van der Waals surface area contributed by atoms with Crippen LogP contribution in [-0.2, 0) is 21.7 Å². The molecular formula is C74H60N4O2. The van der Waals surface area contributed by atoms with Crippen molar-refractivity contribution in [1.82, 2.24) is 0 Å². The van der Waals surface area contributed by atoms with Gasteiger partial charge in [-0.25, -0.2) is 0 Å². The van der Waals surface area contributed by atoms with Gasteiger partial charge in [-0.15, -0.1) is 0 Å². The van der Waals surface area contributed by atoms with Gasteiger partial charge in [-0.1, -0.05) is 195 Å². The van der Waals surface area contributed by atoms with Crippen molar-refractivity contribution in [2.75, 3.05) is 19.6 Å². The third-order valence-electron chi connectivity index (χ3n) is 19.7. The minimum atomic E-state index is -0.360. The molecule has 9 aromatic carbocycles. The molecule has 16 rings (SSSR count). The van der Waals surface area contributed by atoms with E-state index in [-0.39, 0.29) is 38.4 Å². The highest BCUT2D eigenvalue weighted by molar-refractivity contribution is 6.30. The minimum absolute atomic E-state index is 0.0835. The molecule has 4 heterocycles. The zero-order valence-electron chi connectivity index (χ0n) is 46.4. The Bertz CT molecular complexity index is 4470. The Morgan fingerprint density at radius 1 is 0.338 bits per heavy atom. The van der Waals surface area contributed by atoms with Gasteiger partial charge in [0.2, 0.25) is 0 Å². The van der Waals surface area contributed by atoms with Gasteiger partial charge in [0, 0.05) is 50.1 Å². The summed E-state index contributed by atoms with van der Waals surface area (Å²) in [5.74, 6) is 0.106. The smallest absolute Gasteiger partial charge is 0.198 e. The van der Waals surface area contributed by atoms with E-state index in [1.54, 1.807) is 0 Å². The Balaban J connectivity index is 1.12. The molecule has 80 heavy (non-hydrogen) atoms. The van der Waals surface area contributed by atoms with E-state index in [9.17, 15) is 0 Å². The van der Waals surface area contributed by atoms with Gasteiger partial charge >= 0.3 is 0 Å². The number of hydrogen-bond acceptors (Lipinski definition) is 6. The summed E-state index contributed by atoms with van der Waals surface area (Å²) in [6.07, 6.45) is 7.58. The highest BCUT2D eigenvalue weighted by Crippen LogP contribution is 2.64. The van der Waals surface area contributed by atoms with Gasteiger partial charge < -0.3 is 19.6 Å². The highest BCUT2D eigenvalue weighted by Gasteiger charge is 2.48. The molecule has 0 saturated carbocycles. The fourth-order valence-corrected chi connectivity index (χ4v) is 15.8. The number of nitrogens with zero attached hydrogens (tertiary/aromatic N) is 4. The quantitative estimate of drug-likeness (QED) is 0.175. The van der Waals surface area contributed by atoms with E-state index in [0.29, 0.717) is 32.7 Å². The molecule has 6 heteroatoms. The molecule has 0 N–H and O–H groups in total. The summed E-state index contributed by atoms with van der Waals surface area (Å²) in [4.78, 5) is 43.8. The molecule has 0 radical (unpaired) electrons. The first-order chi connectivity index (χ1) is 38.6. The lowest BCUT2D eigenvalue weighted by Crippen LogP contribution is -2.42. The van der Waals surface area contributed by atoms with Crippen LogP contribution in [0.4, 0.5) is 62.6 Å². The molecule has 6 nitrogen and oxygen atoms in total. The van der Waals surface area contributed by atoms with Crippen molar-refractivity contribution in [2.24, 2.45) is 5.92 Å². The summed E-state index contributed by atoms with van der Waals surface area (Å²) < 4.78 is 0. The zero-order chi connectivity index (χ0) is 54.5. The summed E-state index contributed by atoms with van der Waals surface area (Å²) in [5, 5.41) is 2.20. The van der Waals surface area contributed by atoms with Crippen molar-refractivity contribution in [1.29, 1.82) is 0 Å². The van der Waals surface area contributed by atoms with Crippen molar-refractivity contribution >= 4 is 84.1 Å². The molecule has 9 aromatic rings. The number of allylic oxidation sites excluding steroid dienone is 4. The predicted octanol–water partition coefficient (Wildman–Crippen LogP) is 18.3. The molecule has 7 aliphatic rings. The second-order valence-electron chi connectivity index (χ2n) is 25.1. The maximum Gasteiger partial charge on any atom is 0.198 e.